The Morgan fingerprint density at radius 3 is 2.47 bits per heavy atom. The number of hydrogen-bond donors (Lipinski definition) is 1. The molecule has 0 aliphatic heterocycles. The Morgan fingerprint density at radius 1 is 1.18 bits per heavy atom. The van der Waals surface area contributed by atoms with Crippen molar-refractivity contribution in [3.63, 3.8) is 0 Å². The SMILES string of the molecule is NC(Cc1cnc2ccccc2n1)C(F)(F)F. The van der Waals surface area contributed by atoms with E-state index >= 15 is 0 Å². The van der Waals surface area contributed by atoms with E-state index in [4.69, 9.17) is 5.73 Å². The summed E-state index contributed by atoms with van der Waals surface area (Å²) in [6.45, 7) is 0. The van der Waals surface area contributed by atoms with Crippen LogP contribution >= 0.6 is 0 Å². The minimum atomic E-state index is -4.41. The molecule has 0 saturated carbocycles. The van der Waals surface area contributed by atoms with Crippen LogP contribution in [0.2, 0.25) is 0 Å². The highest BCUT2D eigenvalue weighted by Gasteiger charge is 2.36. The maximum atomic E-state index is 12.3. The van der Waals surface area contributed by atoms with Crippen LogP contribution in [0, 0.1) is 0 Å². The minimum Gasteiger partial charge on any atom is -0.320 e. The van der Waals surface area contributed by atoms with Crippen molar-refractivity contribution in [2.45, 2.75) is 18.6 Å². The molecule has 1 atom stereocenters. The van der Waals surface area contributed by atoms with Gasteiger partial charge in [0.05, 0.1) is 16.7 Å². The third kappa shape index (κ3) is 2.71. The molecule has 2 N–H and O–H groups in total. The van der Waals surface area contributed by atoms with E-state index in [0.717, 1.165) is 0 Å². The van der Waals surface area contributed by atoms with Crippen molar-refractivity contribution in [2.75, 3.05) is 0 Å². The normalized spacial score (nSPS) is 13.9. The molecule has 6 heteroatoms. The fourth-order valence-electron chi connectivity index (χ4n) is 1.43. The number of alkyl halides is 3. The first kappa shape index (κ1) is 11.8. The van der Waals surface area contributed by atoms with Crippen molar-refractivity contribution in [1.29, 1.82) is 0 Å². The summed E-state index contributed by atoms with van der Waals surface area (Å²) < 4.78 is 36.8. The zero-order chi connectivity index (χ0) is 12.5. The molecule has 0 amide bonds. The summed E-state index contributed by atoms with van der Waals surface area (Å²) in [5.74, 6) is 0. The second-order valence-corrected chi connectivity index (χ2v) is 3.70. The molecule has 2 rings (SSSR count). The van der Waals surface area contributed by atoms with Gasteiger partial charge in [-0.25, -0.2) is 4.98 Å². The smallest absolute Gasteiger partial charge is 0.320 e. The number of rotatable bonds is 2. The van der Waals surface area contributed by atoms with E-state index in [2.05, 4.69) is 9.97 Å². The van der Waals surface area contributed by atoms with Crippen molar-refractivity contribution >= 4 is 11.0 Å². The third-order valence-corrected chi connectivity index (χ3v) is 2.35. The molecule has 0 fully saturated rings. The van der Waals surface area contributed by atoms with Crippen LogP contribution in [0.25, 0.3) is 11.0 Å². The standard InChI is InChI=1S/C11H10F3N3/c12-11(13,14)10(15)5-7-6-16-8-3-1-2-4-9(8)17-7/h1-4,6,10H,5,15H2. The number of benzene rings is 1. The van der Waals surface area contributed by atoms with E-state index in [1.165, 1.54) is 6.20 Å². The lowest BCUT2D eigenvalue weighted by Gasteiger charge is -2.14. The molecule has 17 heavy (non-hydrogen) atoms. The van der Waals surface area contributed by atoms with Crippen LogP contribution in [-0.2, 0) is 6.42 Å². The molecule has 2 aromatic rings. The summed E-state index contributed by atoms with van der Waals surface area (Å²) in [7, 11) is 0. The number of nitrogens with two attached hydrogens (primary N) is 1. The molecule has 1 aromatic heterocycles. The van der Waals surface area contributed by atoms with E-state index in [1.54, 1.807) is 24.3 Å². The van der Waals surface area contributed by atoms with Gasteiger partial charge in [0.15, 0.2) is 0 Å². The average molecular weight is 241 g/mol. The molecule has 90 valence electrons. The fraction of sp³-hybridized carbons (Fsp3) is 0.273. The topological polar surface area (TPSA) is 51.8 Å². The van der Waals surface area contributed by atoms with Crippen molar-refractivity contribution in [3.8, 4) is 0 Å². The first-order valence-corrected chi connectivity index (χ1v) is 5.00. The molecule has 1 unspecified atom stereocenters. The number of fused-ring (bicyclic) bond motifs is 1. The largest absolute Gasteiger partial charge is 0.404 e. The number of aromatic nitrogens is 2. The highest BCUT2D eigenvalue weighted by Crippen LogP contribution is 2.21. The van der Waals surface area contributed by atoms with Crippen LogP contribution in [-0.4, -0.2) is 22.2 Å². The minimum absolute atomic E-state index is 0.244. The summed E-state index contributed by atoms with van der Waals surface area (Å²) >= 11 is 0. The monoisotopic (exact) mass is 241 g/mol. The van der Waals surface area contributed by atoms with Gasteiger partial charge in [-0.05, 0) is 12.1 Å². The van der Waals surface area contributed by atoms with Gasteiger partial charge in [-0.2, -0.15) is 13.2 Å². The van der Waals surface area contributed by atoms with Crippen LogP contribution in [0.15, 0.2) is 30.5 Å². The van der Waals surface area contributed by atoms with Crippen LogP contribution in [0.1, 0.15) is 5.69 Å². The van der Waals surface area contributed by atoms with E-state index in [-0.39, 0.29) is 12.1 Å². The van der Waals surface area contributed by atoms with Crippen LogP contribution in [0.5, 0.6) is 0 Å². The summed E-state index contributed by atoms with van der Waals surface area (Å²) in [5, 5.41) is 0. The van der Waals surface area contributed by atoms with Crippen molar-refractivity contribution in [2.24, 2.45) is 5.73 Å². The van der Waals surface area contributed by atoms with Crippen molar-refractivity contribution < 1.29 is 13.2 Å². The molecular weight excluding hydrogens is 231 g/mol. The second-order valence-electron chi connectivity index (χ2n) is 3.70. The van der Waals surface area contributed by atoms with E-state index < -0.39 is 12.2 Å². The lowest BCUT2D eigenvalue weighted by atomic mass is 10.1. The Kier molecular flexibility index (Phi) is 2.97. The van der Waals surface area contributed by atoms with Gasteiger partial charge in [0.25, 0.3) is 0 Å². The fourth-order valence-corrected chi connectivity index (χ4v) is 1.43. The molecule has 3 nitrogen and oxygen atoms in total. The summed E-state index contributed by atoms with van der Waals surface area (Å²) in [4.78, 5) is 8.12. The Balaban J connectivity index is 2.25. The number of hydrogen-bond acceptors (Lipinski definition) is 3. The zero-order valence-electron chi connectivity index (χ0n) is 8.78. The lowest BCUT2D eigenvalue weighted by Crippen LogP contribution is -2.39. The highest BCUT2D eigenvalue weighted by molar-refractivity contribution is 5.73. The quantitative estimate of drug-likeness (QED) is 0.875. The highest BCUT2D eigenvalue weighted by atomic mass is 19.4. The van der Waals surface area contributed by atoms with Gasteiger partial charge < -0.3 is 5.73 Å². The van der Waals surface area contributed by atoms with Crippen molar-refractivity contribution in [3.05, 3.63) is 36.2 Å². The number of nitrogens with zero attached hydrogens (tertiary/aromatic N) is 2. The molecule has 0 radical (unpaired) electrons. The second kappa shape index (κ2) is 4.29. The summed E-state index contributed by atoms with van der Waals surface area (Å²) in [6, 6.07) is 5.08. The molecular formula is C11H10F3N3. The molecule has 0 aliphatic rings. The lowest BCUT2D eigenvalue weighted by molar-refractivity contribution is -0.147. The number of para-hydroxylation sites is 2. The van der Waals surface area contributed by atoms with E-state index in [0.29, 0.717) is 11.0 Å². The van der Waals surface area contributed by atoms with E-state index in [1.807, 2.05) is 0 Å². The Bertz CT molecular complexity index is 525. The predicted molar refractivity (Wildman–Crippen MR) is 57.3 cm³/mol. The Labute approximate surface area is 95.5 Å². The van der Waals surface area contributed by atoms with E-state index in [9.17, 15) is 13.2 Å². The molecule has 0 saturated heterocycles. The zero-order valence-corrected chi connectivity index (χ0v) is 8.78. The molecule has 1 aromatic carbocycles. The van der Waals surface area contributed by atoms with Crippen LogP contribution in [0.4, 0.5) is 13.2 Å². The van der Waals surface area contributed by atoms with Gasteiger partial charge >= 0.3 is 6.18 Å². The van der Waals surface area contributed by atoms with Crippen LogP contribution in [0.3, 0.4) is 0 Å². The number of halogens is 3. The van der Waals surface area contributed by atoms with Gasteiger partial charge in [-0.3, -0.25) is 4.98 Å². The Morgan fingerprint density at radius 2 is 1.82 bits per heavy atom. The van der Waals surface area contributed by atoms with Crippen molar-refractivity contribution in [1.82, 2.24) is 9.97 Å². The maximum absolute atomic E-state index is 12.3. The predicted octanol–water partition coefficient (Wildman–Crippen LogP) is 2.06. The molecule has 0 spiro atoms. The van der Waals surface area contributed by atoms with Gasteiger partial charge in [-0.1, -0.05) is 12.1 Å². The van der Waals surface area contributed by atoms with Gasteiger partial charge in [-0.15, -0.1) is 0 Å². The molecule has 0 aliphatic carbocycles. The Hall–Kier alpha value is -1.69. The summed E-state index contributed by atoms with van der Waals surface area (Å²) in [6.07, 6.45) is -3.44. The maximum Gasteiger partial charge on any atom is 0.404 e. The van der Waals surface area contributed by atoms with Gasteiger partial charge in [0, 0.05) is 12.6 Å². The molecule has 1 heterocycles. The summed E-state index contributed by atoms with van der Waals surface area (Å²) in [5.41, 5.74) is 6.50. The van der Waals surface area contributed by atoms with Gasteiger partial charge in [0.1, 0.15) is 6.04 Å². The van der Waals surface area contributed by atoms with Crippen LogP contribution < -0.4 is 5.73 Å². The first-order chi connectivity index (χ1) is 7.97. The van der Waals surface area contributed by atoms with Gasteiger partial charge in [0.2, 0.25) is 0 Å². The average Bonchev–Trinajstić information content (AvgIpc) is 2.27. The third-order valence-electron chi connectivity index (χ3n) is 2.35. The first-order valence-electron chi connectivity index (χ1n) is 5.00. The molecule has 0 bridgehead atoms.